The Morgan fingerprint density at radius 2 is 2.00 bits per heavy atom. The van der Waals surface area contributed by atoms with Crippen molar-refractivity contribution >= 4 is 0 Å². The molecule has 0 spiro atoms. The van der Waals surface area contributed by atoms with Gasteiger partial charge in [-0.15, -0.1) is 0 Å². The molecule has 1 aliphatic heterocycles. The molecule has 1 heterocycles. The van der Waals surface area contributed by atoms with Crippen molar-refractivity contribution in [2.24, 2.45) is 11.8 Å². The maximum Gasteiger partial charge on any atom is 0.0209 e. The second-order valence-corrected chi connectivity index (χ2v) is 5.66. The van der Waals surface area contributed by atoms with E-state index in [1.54, 1.807) is 0 Å². The highest BCUT2D eigenvalue weighted by Crippen LogP contribution is 2.38. The Kier molecular flexibility index (Phi) is 2.29. The molecule has 0 aromatic carbocycles. The SMILES string of the molecule is CC1CC1CN1CCC(NC2CC2)C1. The molecule has 2 aliphatic carbocycles. The van der Waals surface area contributed by atoms with Gasteiger partial charge in [0.15, 0.2) is 0 Å². The predicted octanol–water partition coefficient (Wildman–Crippen LogP) is 1.47. The Morgan fingerprint density at radius 1 is 1.21 bits per heavy atom. The number of hydrogen-bond acceptors (Lipinski definition) is 2. The van der Waals surface area contributed by atoms with Gasteiger partial charge in [-0.1, -0.05) is 6.92 Å². The van der Waals surface area contributed by atoms with E-state index < -0.39 is 0 Å². The van der Waals surface area contributed by atoms with Gasteiger partial charge >= 0.3 is 0 Å². The minimum absolute atomic E-state index is 0.816. The minimum atomic E-state index is 0.816. The lowest BCUT2D eigenvalue weighted by Crippen LogP contribution is -2.34. The first-order chi connectivity index (χ1) is 6.81. The topological polar surface area (TPSA) is 15.3 Å². The Bertz CT molecular complexity index is 212. The molecule has 2 heteroatoms. The normalized spacial score (nSPS) is 43.1. The predicted molar refractivity (Wildman–Crippen MR) is 58.3 cm³/mol. The fourth-order valence-corrected chi connectivity index (χ4v) is 2.70. The van der Waals surface area contributed by atoms with Gasteiger partial charge in [0.2, 0.25) is 0 Å². The van der Waals surface area contributed by atoms with Gasteiger partial charge in [0.1, 0.15) is 0 Å². The van der Waals surface area contributed by atoms with Crippen LogP contribution in [0.1, 0.15) is 32.6 Å². The van der Waals surface area contributed by atoms with E-state index in [9.17, 15) is 0 Å². The summed E-state index contributed by atoms with van der Waals surface area (Å²) in [5.41, 5.74) is 0. The molecule has 3 atom stereocenters. The molecule has 80 valence electrons. The quantitative estimate of drug-likeness (QED) is 0.729. The third-order valence-electron chi connectivity index (χ3n) is 4.09. The summed E-state index contributed by atoms with van der Waals surface area (Å²) in [5, 5.41) is 3.75. The molecule has 1 saturated heterocycles. The molecule has 14 heavy (non-hydrogen) atoms. The van der Waals surface area contributed by atoms with E-state index in [-0.39, 0.29) is 0 Å². The van der Waals surface area contributed by atoms with Crippen LogP contribution >= 0.6 is 0 Å². The standard InChI is InChI=1S/C12H22N2/c1-9-6-10(9)7-14-5-4-12(8-14)13-11-2-3-11/h9-13H,2-8H2,1H3. The van der Waals surface area contributed by atoms with E-state index in [0.29, 0.717) is 0 Å². The lowest BCUT2D eigenvalue weighted by Gasteiger charge is -2.16. The average Bonchev–Trinajstić information content (AvgIpc) is 3.01. The summed E-state index contributed by atoms with van der Waals surface area (Å²) < 4.78 is 0. The highest BCUT2D eigenvalue weighted by Gasteiger charge is 2.36. The second kappa shape index (κ2) is 3.49. The maximum absolute atomic E-state index is 3.75. The van der Waals surface area contributed by atoms with Crippen LogP contribution in [0.2, 0.25) is 0 Å². The summed E-state index contributed by atoms with van der Waals surface area (Å²) in [5.74, 6) is 2.06. The van der Waals surface area contributed by atoms with E-state index in [4.69, 9.17) is 0 Å². The molecule has 2 nitrogen and oxygen atoms in total. The average molecular weight is 194 g/mol. The van der Waals surface area contributed by atoms with E-state index in [2.05, 4.69) is 17.1 Å². The Morgan fingerprint density at radius 3 is 2.64 bits per heavy atom. The van der Waals surface area contributed by atoms with Gasteiger partial charge in [-0.2, -0.15) is 0 Å². The van der Waals surface area contributed by atoms with E-state index >= 15 is 0 Å². The Hall–Kier alpha value is -0.0800. The smallest absolute Gasteiger partial charge is 0.0209 e. The van der Waals surface area contributed by atoms with Crippen LogP contribution in [0.15, 0.2) is 0 Å². The zero-order chi connectivity index (χ0) is 9.54. The summed E-state index contributed by atoms with van der Waals surface area (Å²) in [6.07, 6.45) is 5.72. The number of nitrogens with one attached hydrogen (secondary N) is 1. The molecule has 3 rings (SSSR count). The third kappa shape index (κ3) is 2.12. The van der Waals surface area contributed by atoms with Gasteiger partial charge in [0.25, 0.3) is 0 Å². The van der Waals surface area contributed by atoms with E-state index in [1.807, 2.05) is 0 Å². The number of nitrogens with zero attached hydrogens (tertiary/aromatic N) is 1. The lowest BCUT2D eigenvalue weighted by atomic mass is 10.2. The summed E-state index contributed by atoms with van der Waals surface area (Å²) >= 11 is 0. The fraction of sp³-hybridized carbons (Fsp3) is 1.00. The number of rotatable bonds is 4. The fourth-order valence-electron chi connectivity index (χ4n) is 2.70. The Balaban J connectivity index is 1.40. The minimum Gasteiger partial charge on any atom is -0.310 e. The van der Waals surface area contributed by atoms with Crippen LogP contribution in [-0.2, 0) is 0 Å². The van der Waals surface area contributed by atoms with Crippen LogP contribution in [0, 0.1) is 11.8 Å². The van der Waals surface area contributed by atoms with Gasteiger partial charge in [-0.3, -0.25) is 0 Å². The van der Waals surface area contributed by atoms with E-state index in [0.717, 1.165) is 23.9 Å². The summed E-state index contributed by atoms with van der Waals surface area (Å²) in [4.78, 5) is 2.67. The first-order valence-electron chi connectivity index (χ1n) is 6.29. The molecular weight excluding hydrogens is 172 g/mol. The summed E-state index contributed by atoms with van der Waals surface area (Å²) in [6, 6.07) is 1.70. The first kappa shape index (κ1) is 9.17. The van der Waals surface area contributed by atoms with Gasteiger partial charge < -0.3 is 10.2 Å². The van der Waals surface area contributed by atoms with Gasteiger partial charge in [0, 0.05) is 25.2 Å². The zero-order valence-electron chi connectivity index (χ0n) is 9.21. The highest BCUT2D eigenvalue weighted by molar-refractivity contribution is 4.92. The van der Waals surface area contributed by atoms with Gasteiger partial charge in [0.05, 0.1) is 0 Å². The Labute approximate surface area is 87.0 Å². The molecule has 3 fully saturated rings. The molecule has 0 aromatic heterocycles. The van der Waals surface area contributed by atoms with Crippen molar-refractivity contribution in [1.82, 2.24) is 10.2 Å². The molecular formula is C12H22N2. The summed E-state index contributed by atoms with van der Waals surface area (Å²) in [6.45, 7) is 6.43. The van der Waals surface area contributed by atoms with Crippen LogP contribution < -0.4 is 5.32 Å². The summed E-state index contributed by atoms with van der Waals surface area (Å²) in [7, 11) is 0. The molecule has 0 bridgehead atoms. The van der Waals surface area contributed by atoms with Gasteiger partial charge in [-0.05, 0) is 44.1 Å². The van der Waals surface area contributed by atoms with Crippen LogP contribution in [0.5, 0.6) is 0 Å². The molecule has 3 unspecified atom stereocenters. The van der Waals surface area contributed by atoms with Crippen molar-refractivity contribution < 1.29 is 0 Å². The van der Waals surface area contributed by atoms with Crippen LogP contribution in [-0.4, -0.2) is 36.6 Å². The number of likely N-dealkylation sites (tertiary alicyclic amines) is 1. The highest BCUT2D eigenvalue weighted by atomic mass is 15.2. The van der Waals surface area contributed by atoms with Crippen molar-refractivity contribution in [3.8, 4) is 0 Å². The van der Waals surface area contributed by atoms with Crippen molar-refractivity contribution in [2.45, 2.75) is 44.7 Å². The van der Waals surface area contributed by atoms with E-state index in [1.165, 1.54) is 45.3 Å². The van der Waals surface area contributed by atoms with Crippen LogP contribution in [0.25, 0.3) is 0 Å². The third-order valence-corrected chi connectivity index (χ3v) is 4.09. The first-order valence-corrected chi connectivity index (χ1v) is 6.29. The maximum atomic E-state index is 3.75. The lowest BCUT2D eigenvalue weighted by molar-refractivity contribution is 0.308. The van der Waals surface area contributed by atoms with Crippen molar-refractivity contribution in [1.29, 1.82) is 0 Å². The molecule has 2 saturated carbocycles. The number of hydrogen-bond donors (Lipinski definition) is 1. The van der Waals surface area contributed by atoms with Crippen LogP contribution in [0.4, 0.5) is 0 Å². The molecule has 0 radical (unpaired) electrons. The van der Waals surface area contributed by atoms with Crippen molar-refractivity contribution in [2.75, 3.05) is 19.6 Å². The molecule has 3 aliphatic rings. The van der Waals surface area contributed by atoms with Crippen molar-refractivity contribution in [3.05, 3.63) is 0 Å². The van der Waals surface area contributed by atoms with Crippen LogP contribution in [0.3, 0.4) is 0 Å². The van der Waals surface area contributed by atoms with Gasteiger partial charge in [-0.25, -0.2) is 0 Å². The second-order valence-electron chi connectivity index (χ2n) is 5.66. The molecule has 1 N–H and O–H groups in total. The molecule has 0 amide bonds. The monoisotopic (exact) mass is 194 g/mol. The van der Waals surface area contributed by atoms with Crippen molar-refractivity contribution in [3.63, 3.8) is 0 Å². The zero-order valence-corrected chi connectivity index (χ0v) is 9.21. The molecule has 0 aromatic rings. The largest absolute Gasteiger partial charge is 0.310 e.